The van der Waals surface area contributed by atoms with Gasteiger partial charge in [-0.05, 0) is 0 Å². The summed E-state index contributed by atoms with van der Waals surface area (Å²) in [4.78, 5) is 0. The van der Waals surface area contributed by atoms with Gasteiger partial charge in [0.2, 0.25) is 0 Å². The normalized spacial score (nSPS) is 10.9. The first-order valence-electron chi connectivity index (χ1n) is 8.25. The number of hydrogen-bond acceptors (Lipinski definition) is 4. The Bertz CT molecular complexity index is 940. The van der Waals surface area contributed by atoms with Crippen molar-refractivity contribution in [3.8, 4) is 25.8 Å². The Morgan fingerprint density at radius 3 is 1.54 bits per heavy atom. The Hall–Kier alpha value is -2.28. The van der Waals surface area contributed by atoms with Crippen molar-refractivity contribution >= 4 is 14.5 Å². The Labute approximate surface area is 170 Å². The molecule has 5 nitrogen and oxygen atoms in total. The third kappa shape index (κ3) is 5.86. The third-order valence-electron chi connectivity index (χ3n) is 3.79. The van der Waals surface area contributed by atoms with E-state index in [-0.39, 0.29) is 0 Å². The first-order valence-corrected chi connectivity index (χ1v) is 11.2. The second-order valence-electron chi connectivity index (χ2n) is 5.72. The van der Waals surface area contributed by atoms with Crippen molar-refractivity contribution in [2.75, 3.05) is 0 Å². The molecule has 0 aliphatic heterocycles. The van der Waals surface area contributed by atoms with Crippen LogP contribution >= 0.6 is 0 Å². The Morgan fingerprint density at radius 2 is 1.04 bits per heavy atom. The Morgan fingerprint density at radius 1 is 0.607 bits per heavy atom. The molecule has 0 saturated heterocycles. The second-order valence-corrected chi connectivity index (χ2v) is 8.63. The second kappa shape index (κ2) is 9.28. The van der Waals surface area contributed by atoms with Gasteiger partial charge in [-0.3, -0.25) is 0 Å². The summed E-state index contributed by atoms with van der Waals surface area (Å²) >= 11 is 0.290. The van der Waals surface area contributed by atoms with Gasteiger partial charge in [0.05, 0.1) is 0 Å². The molecule has 0 bridgehead atoms. The maximum absolute atomic E-state index is 8.49. The molecule has 0 amide bonds. The van der Waals surface area contributed by atoms with E-state index < -0.39 is 10.2 Å². The van der Waals surface area contributed by atoms with Gasteiger partial charge >= 0.3 is 142 Å². The SMILES string of the molecule is [O-][Cl+3]([O-])([O-])[O-].c1ccc(-c2c[n+](-c3ccccc3)c(-c3ccccc3)[se]2)cc1. The minimum atomic E-state index is -4.94. The van der Waals surface area contributed by atoms with Gasteiger partial charge < -0.3 is 0 Å². The van der Waals surface area contributed by atoms with Crippen molar-refractivity contribution in [3.63, 3.8) is 0 Å². The number of nitrogens with zero attached hydrogens (tertiary/aromatic N) is 1. The zero-order valence-corrected chi connectivity index (χ0v) is 17.1. The zero-order chi connectivity index (χ0) is 20.0. The number of benzene rings is 3. The van der Waals surface area contributed by atoms with Gasteiger partial charge in [-0.2, -0.15) is 0 Å². The van der Waals surface area contributed by atoms with Gasteiger partial charge in [0.15, 0.2) is 0 Å². The molecule has 0 fully saturated rings. The van der Waals surface area contributed by atoms with Crippen LogP contribution in [0.2, 0.25) is 0 Å². The summed E-state index contributed by atoms with van der Waals surface area (Å²) in [5.41, 5.74) is 3.84. The van der Waals surface area contributed by atoms with Crippen LogP contribution in [0.1, 0.15) is 0 Å². The van der Waals surface area contributed by atoms with Crippen molar-refractivity contribution in [1.82, 2.24) is 0 Å². The summed E-state index contributed by atoms with van der Waals surface area (Å²) in [5.74, 6) is 0. The van der Waals surface area contributed by atoms with Crippen LogP contribution in [0, 0.1) is 10.2 Å². The molecule has 142 valence electrons. The van der Waals surface area contributed by atoms with E-state index >= 15 is 0 Å². The molecule has 0 spiro atoms. The molecule has 0 atom stereocenters. The van der Waals surface area contributed by atoms with E-state index in [1.807, 2.05) is 0 Å². The summed E-state index contributed by atoms with van der Waals surface area (Å²) in [6.45, 7) is 0. The number of para-hydroxylation sites is 1. The zero-order valence-electron chi connectivity index (χ0n) is 14.6. The van der Waals surface area contributed by atoms with E-state index in [1.54, 1.807) is 0 Å². The van der Waals surface area contributed by atoms with Crippen LogP contribution in [0.4, 0.5) is 0 Å². The fourth-order valence-corrected chi connectivity index (χ4v) is 5.02. The van der Waals surface area contributed by atoms with Crippen molar-refractivity contribution in [3.05, 3.63) is 97.2 Å². The number of halogens is 1. The molecular weight excluding hydrogens is 445 g/mol. The average molecular weight is 461 g/mol. The van der Waals surface area contributed by atoms with E-state index in [2.05, 4.69) is 102 Å². The van der Waals surface area contributed by atoms with Crippen LogP contribution in [0.15, 0.2) is 97.2 Å². The van der Waals surface area contributed by atoms with Crippen LogP contribution in [0.25, 0.3) is 25.8 Å². The molecule has 28 heavy (non-hydrogen) atoms. The van der Waals surface area contributed by atoms with Crippen molar-refractivity contribution < 1.29 is 33.4 Å². The molecule has 0 saturated carbocycles. The molecule has 0 radical (unpaired) electrons. The molecule has 7 heteroatoms. The van der Waals surface area contributed by atoms with Gasteiger partial charge in [-0.15, -0.1) is 10.2 Å². The van der Waals surface area contributed by atoms with Gasteiger partial charge in [-0.1, -0.05) is 0 Å². The third-order valence-corrected chi connectivity index (χ3v) is 6.28. The first kappa shape index (κ1) is 20.5. The molecular formula is C21H16ClNO4Se. The van der Waals surface area contributed by atoms with Crippen LogP contribution in [-0.2, 0) is 0 Å². The quantitative estimate of drug-likeness (QED) is 0.307. The molecule has 0 aliphatic rings. The topological polar surface area (TPSA) is 96.1 Å². The predicted molar refractivity (Wildman–Crippen MR) is 95.8 cm³/mol. The van der Waals surface area contributed by atoms with E-state index in [0.29, 0.717) is 14.5 Å². The summed E-state index contributed by atoms with van der Waals surface area (Å²) in [6.07, 6.45) is 2.30. The van der Waals surface area contributed by atoms with Crippen LogP contribution < -0.4 is 23.2 Å². The summed E-state index contributed by atoms with van der Waals surface area (Å²) in [5, 5.41) is 0. The van der Waals surface area contributed by atoms with Gasteiger partial charge in [0.1, 0.15) is 0 Å². The molecule has 0 unspecified atom stereocenters. The van der Waals surface area contributed by atoms with Crippen molar-refractivity contribution in [1.29, 1.82) is 0 Å². The maximum atomic E-state index is 8.49. The molecule has 1 aromatic heterocycles. The number of aromatic nitrogens is 1. The fourth-order valence-electron chi connectivity index (χ4n) is 2.65. The van der Waals surface area contributed by atoms with E-state index in [9.17, 15) is 0 Å². The van der Waals surface area contributed by atoms with Gasteiger partial charge in [0, 0.05) is 0 Å². The minimum absolute atomic E-state index is 0.290. The monoisotopic (exact) mass is 461 g/mol. The molecule has 1 heterocycles. The number of hydrogen-bond donors (Lipinski definition) is 0. The summed E-state index contributed by atoms with van der Waals surface area (Å²) in [6, 6.07) is 32.0. The van der Waals surface area contributed by atoms with Crippen molar-refractivity contribution in [2.24, 2.45) is 0 Å². The summed E-state index contributed by atoms with van der Waals surface area (Å²) < 4.78 is 39.1. The van der Waals surface area contributed by atoms with Gasteiger partial charge in [0.25, 0.3) is 0 Å². The van der Waals surface area contributed by atoms with E-state index in [0.717, 1.165) is 0 Å². The summed E-state index contributed by atoms with van der Waals surface area (Å²) in [7, 11) is -4.94. The van der Waals surface area contributed by atoms with Crippen molar-refractivity contribution in [2.45, 2.75) is 0 Å². The molecule has 0 aliphatic carbocycles. The molecule has 4 rings (SSSR count). The standard InChI is InChI=1S/C21H16NSe.ClHO4/c1-4-10-17(11-5-1)20-16-22(19-14-8-3-9-15-19)21(23-20)18-12-6-2-7-13-18;2-1(3,4)5/h1-16H;(H,2,3,4,5)/q+1;/p-1. The Balaban J connectivity index is 0.000000403. The Kier molecular flexibility index (Phi) is 6.78. The number of rotatable bonds is 3. The molecule has 3 aromatic carbocycles. The van der Waals surface area contributed by atoms with Crippen LogP contribution in [-0.4, -0.2) is 14.5 Å². The van der Waals surface area contributed by atoms with Crippen LogP contribution in [0.5, 0.6) is 0 Å². The van der Waals surface area contributed by atoms with E-state index in [4.69, 9.17) is 18.6 Å². The van der Waals surface area contributed by atoms with E-state index in [1.165, 1.54) is 25.8 Å². The first-order chi connectivity index (χ1) is 13.4. The molecule has 4 aromatic rings. The predicted octanol–water partition coefficient (Wildman–Crippen LogP) is -0.402. The fraction of sp³-hybridized carbons (Fsp3) is 0. The van der Waals surface area contributed by atoms with Crippen LogP contribution in [0.3, 0.4) is 0 Å². The molecule has 0 N–H and O–H groups in total. The average Bonchev–Trinajstić information content (AvgIpc) is 3.14. The van der Waals surface area contributed by atoms with Gasteiger partial charge in [-0.25, -0.2) is 18.6 Å².